The van der Waals surface area contributed by atoms with Crippen LogP contribution in [0.1, 0.15) is 24.5 Å². The molecule has 5 nitrogen and oxygen atoms in total. The minimum atomic E-state index is 0.144. The SMILES string of the molecule is CCCN1C[C@@H](Cn2cccn2)O[C@H]2Cc3c(O)cccc3C[C@@H]21. The number of hydrogen-bond acceptors (Lipinski definition) is 4. The highest BCUT2D eigenvalue weighted by molar-refractivity contribution is 5.42. The third kappa shape index (κ3) is 2.94. The fourth-order valence-electron chi connectivity index (χ4n) is 4.19. The van der Waals surface area contributed by atoms with E-state index in [9.17, 15) is 5.11 Å². The number of benzene rings is 1. The zero-order valence-electron chi connectivity index (χ0n) is 14.1. The monoisotopic (exact) mass is 327 g/mol. The maximum absolute atomic E-state index is 10.2. The summed E-state index contributed by atoms with van der Waals surface area (Å²) >= 11 is 0. The van der Waals surface area contributed by atoms with Crippen molar-refractivity contribution in [1.29, 1.82) is 0 Å². The van der Waals surface area contributed by atoms with Gasteiger partial charge in [-0.2, -0.15) is 5.10 Å². The van der Waals surface area contributed by atoms with Crippen molar-refractivity contribution in [2.75, 3.05) is 13.1 Å². The Morgan fingerprint density at radius 1 is 1.29 bits per heavy atom. The van der Waals surface area contributed by atoms with E-state index in [0.717, 1.165) is 44.5 Å². The molecule has 2 aliphatic rings. The van der Waals surface area contributed by atoms with Gasteiger partial charge >= 0.3 is 0 Å². The largest absolute Gasteiger partial charge is 0.508 e. The van der Waals surface area contributed by atoms with Crippen molar-refractivity contribution >= 4 is 0 Å². The van der Waals surface area contributed by atoms with Gasteiger partial charge in [-0.1, -0.05) is 19.1 Å². The number of nitrogens with zero attached hydrogens (tertiary/aromatic N) is 3. The number of ether oxygens (including phenoxy) is 1. The predicted octanol–water partition coefficient (Wildman–Crippen LogP) is 2.24. The van der Waals surface area contributed by atoms with Crippen molar-refractivity contribution in [3.8, 4) is 5.75 Å². The van der Waals surface area contributed by atoms with Gasteiger partial charge in [0, 0.05) is 31.4 Å². The summed E-state index contributed by atoms with van der Waals surface area (Å²) in [5.74, 6) is 0.408. The Kier molecular flexibility index (Phi) is 4.29. The Hall–Kier alpha value is -1.85. The molecule has 3 atom stereocenters. The molecule has 1 N–H and O–H groups in total. The normalized spacial score (nSPS) is 26.8. The molecule has 24 heavy (non-hydrogen) atoms. The summed E-state index contributed by atoms with van der Waals surface area (Å²) in [5.41, 5.74) is 2.33. The maximum Gasteiger partial charge on any atom is 0.119 e. The highest BCUT2D eigenvalue weighted by Crippen LogP contribution is 2.35. The average molecular weight is 327 g/mol. The van der Waals surface area contributed by atoms with E-state index >= 15 is 0 Å². The van der Waals surface area contributed by atoms with Crippen molar-refractivity contribution in [1.82, 2.24) is 14.7 Å². The van der Waals surface area contributed by atoms with Gasteiger partial charge in [-0.15, -0.1) is 0 Å². The number of morpholine rings is 1. The number of hydrogen-bond donors (Lipinski definition) is 1. The average Bonchev–Trinajstić information content (AvgIpc) is 3.07. The maximum atomic E-state index is 10.2. The van der Waals surface area contributed by atoms with Crippen LogP contribution in [-0.2, 0) is 24.1 Å². The van der Waals surface area contributed by atoms with E-state index in [2.05, 4.69) is 23.0 Å². The molecule has 1 aliphatic heterocycles. The zero-order chi connectivity index (χ0) is 16.5. The molecule has 1 aliphatic carbocycles. The van der Waals surface area contributed by atoms with E-state index in [-0.39, 0.29) is 12.2 Å². The van der Waals surface area contributed by atoms with E-state index in [4.69, 9.17) is 4.74 Å². The van der Waals surface area contributed by atoms with Crippen LogP contribution in [0, 0.1) is 0 Å². The van der Waals surface area contributed by atoms with Crippen molar-refractivity contribution in [3.05, 3.63) is 47.8 Å². The molecule has 4 rings (SSSR count). The Bertz CT molecular complexity index is 686. The molecule has 0 bridgehead atoms. The van der Waals surface area contributed by atoms with Gasteiger partial charge in [0.2, 0.25) is 0 Å². The second-order valence-corrected chi connectivity index (χ2v) is 6.91. The number of fused-ring (bicyclic) bond motifs is 2. The van der Waals surface area contributed by atoms with Gasteiger partial charge in [0.1, 0.15) is 5.75 Å². The standard InChI is InChI=1S/C19H25N3O2/c1-2-8-21-12-15(13-22-9-4-7-20-22)24-19-11-16-14(10-17(19)21)5-3-6-18(16)23/h3-7,9,15,17,19,23H,2,8,10-13H2,1H3/t15-,17-,19-/m0/s1. The molecule has 2 aromatic rings. The lowest BCUT2D eigenvalue weighted by atomic mass is 9.83. The van der Waals surface area contributed by atoms with Crippen LogP contribution in [-0.4, -0.2) is 51.1 Å². The van der Waals surface area contributed by atoms with E-state index in [0.29, 0.717) is 11.8 Å². The smallest absolute Gasteiger partial charge is 0.119 e. The van der Waals surface area contributed by atoms with Crippen LogP contribution in [0.5, 0.6) is 5.75 Å². The first-order valence-corrected chi connectivity index (χ1v) is 8.91. The van der Waals surface area contributed by atoms with E-state index in [1.165, 1.54) is 5.56 Å². The van der Waals surface area contributed by atoms with Gasteiger partial charge in [0.05, 0.1) is 18.8 Å². The number of rotatable bonds is 4. The summed E-state index contributed by atoms with van der Waals surface area (Å²) in [6.45, 7) is 5.05. The number of phenolic OH excluding ortho intramolecular Hbond substituents is 1. The molecule has 0 radical (unpaired) electrons. The van der Waals surface area contributed by atoms with Gasteiger partial charge in [-0.25, -0.2) is 0 Å². The Labute approximate surface area is 142 Å². The van der Waals surface area contributed by atoms with E-state index in [1.807, 2.05) is 29.2 Å². The number of aromatic hydroxyl groups is 1. The molecule has 0 amide bonds. The first kappa shape index (κ1) is 15.7. The Morgan fingerprint density at radius 2 is 2.21 bits per heavy atom. The molecule has 5 heteroatoms. The molecule has 1 aromatic carbocycles. The molecule has 0 spiro atoms. The summed E-state index contributed by atoms with van der Waals surface area (Å²) in [6.07, 6.45) is 6.99. The summed E-state index contributed by atoms with van der Waals surface area (Å²) in [5, 5.41) is 14.5. The van der Waals surface area contributed by atoms with Gasteiger partial charge in [-0.3, -0.25) is 9.58 Å². The summed E-state index contributed by atoms with van der Waals surface area (Å²) in [4.78, 5) is 2.58. The van der Waals surface area contributed by atoms with Crippen molar-refractivity contribution in [3.63, 3.8) is 0 Å². The molecule has 0 saturated carbocycles. The van der Waals surface area contributed by atoms with E-state index < -0.39 is 0 Å². The second-order valence-electron chi connectivity index (χ2n) is 6.91. The first-order valence-electron chi connectivity index (χ1n) is 8.91. The molecular formula is C19H25N3O2. The molecule has 1 aromatic heterocycles. The Morgan fingerprint density at radius 3 is 3.00 bits per heavy atom. The van der Waals surface area contributed by atoms with Crippen molar-refractivity contribution in [2.45, 2.75) is 51.0 Å². The van der Waals surface area contributed by atoms with Crippen molar-refractivity contribution in [2.24, 2.45) is 0 Å². The summed E-state index contributed by atoms with van der Waals surface area (Å²) in [6, 6.07) is 8.24. The quantitative estimate of drug-likeness (QED) is 0.936. The molecule has 0 unspecified atom stereocenters. The van der Waals surface area contributed by atoms with Crippen LogP contribution in [0.3, 0.4) is 0 Å². The number of phenols is 1. The van der Waals surface area contributed by atoms with E-state index in [1.54, 1.807) is 6.07 Å². The minimum Gasteiger partial charge on any atom is -0.508 e. The highest BCUT2D eigenvalue weighted by Gasteiger charge is 2.40. The Balaban J connectivity index is 1.57. The van der Waals surface area contributed by atoms with Gasteiger partial charge in [-0.05, 0) is 42.6 Å². The second kappa shape index (κ2) is 6.57. The topological polar surface area (TPSA) is 50.5 Å². The molecule has 2 heterocycles. The van der Waals surface area contributed by atoms with Crippen LogP contribution in [0.4, 0.5) is 0 Å². The van der Waals surface area contributed by atoms with Crippen LogP contribution >= 0.6 is 0 Å². The van der Waals surface area contributed by atoms with Crippen LogP contribution < -0.4 is 0 Å². The van der Waals surface area contributed by atoms with Gasteiger partial charge in [0.15, 0.2) is 0 Å². The zero-order valence-corrected chi connectivity index (χ0v) is 14.1. The van der Waals surface area contributed by atoms with Crippen LogP contribution in [0.2, 0.25) is 0 Å². The molecule has 1 saturated heterocycles. The minimum absolute atomic E-state index is 0.144. The highest BCUT2D eigenvalue weighted by atomic mass is 16.5. The summed E-state index contributed by atoms with van der Waals surface area (Å²) < 4.78 is 8.39. The predicted molar refractivity (Wildman–Crippen MR) is 92.1 cm³/mol. The lowest BCUT2D eigenvalue weighted by molar-refractivity contribution is -0.128. The lowest BCUT2D eigenvalue weighted by Gasteiger charge is -2.47. The number of aromatic nitrogens is 2. The van der Waals surface area contributed by atoms with Crippen LogP contribution in [0.25, 0.3) is 0 Å². The summed E-state index contributed by atoms with van der Waals surface area (Å²) in [7, 11) is 0. The lowest BCUT2D eigenvalue weighted by Crippen LogP contribution is -2.58. The van der Waals surface area contributed by atoms with Crippen molar-refractivity contribution < 1.29 is 9.84 Å². The van der Waals surface area contributed by atoms with Gasteiger partial charge < -0.3 is 9.84 Å². The van der Waals surface area contributed by atoms with Gasteiger partial charge in [0.25, 0.3) is 0 Å². The third-order valence-electron chi connectivity index (χ3n) is 5.25. The fourth-order valence-corrected chi connectivity index (χ4v) is 4.19. The molecular weight excluding hydrogens is 302 g/mol. The third-order valence-corrected chi connectivity index (χ3v) is 5.25. The molecule has 1 fully saturated rings. The first-order chi connectivity index (χ1) is 11.7. The van der Waals surface area contributed by atoms with Crippen LogP contribution in [0.15, 0.2) is 36.7 Å². The molecule has 128 valence electrons. The fraction of sp³-hybridized carbons (Fsp3) is 0.526.